The molecule has 1 fully saturated rings. The smallest absolute Gasteiger partial charge is 0.297 e. The number of hydrogen-bond acceptors (Lipinski definition) is 7. The quantitative estimate of drug-likeness (QED) is 0.327. The number of aliphatic hydroxyl groups excluding tert-OH is 1. The molecule has 1 saturated heterocycles. The van der Waals surface area contributed by atoms with Crippen LogP contribution >= 0.6 is 11.9 Å². The molecule has 190 valence electrons. The Labute approximate surface area is 216 Å². The minimum Gasteiger partial charge on any atom is -0.496 e. The van der Waals surface area contributed by atoms with Gasteiger partial charge in [-0.3, -0.25) is 9.52 Å². The number of ether oxygens (including phenoxy) is 3. The van der Waals surface area contributed by atoms with Crippen LogP contribution in [0.5, 0.6) is 11.5 Å². The number of carbonyl (C=O) groups excluding carboxylic acids is 1. The van der Waals surface area contributed by atoms with Crippen molar-refractivity contribution in [2.75, 3.05) is 34.4 Å². The van der Waals surface area contributed by atoms with E-state index in [0.29, 0.717) is 17.9 Å². The van der Waals surface area contributed by atoms with Crippen molar-refractivity contribution in [3.63, 3.8) is 0 Å². The van der Waals surface area contributed by atoms with E-state index in [2.05, 4.69) is 4.72 Å². The van der Waals surface area contributed by atoms with E-state index in [4.69, 9.17) is 14.2 Å². The van der Waals surface area contributed by atoms with Gasteiger partial charge in [-0.2, -0.15) is 0 Å². The van der Waals surface area contributed by atoms with E-state index >= 15 is 0 Å². The highest BCUT2D eigenvalue weighted by Crippen LogP contribution is 2.47. The molecule has 0 spiro atoms. The second-order valence-corrected chi connectivity index (χ2v) is 9.49. The molecule has 4 rings (SSSR count). The molecule has 2 unspecified atom stereocenters. The fourth-order valence-electron chi connectivity index (χ4n) is 4.88. The van der Waals surface area contributed by atoms with Crippen LogP contribution < -0.4 is 14.2 Å². The Balaban J connectivity index is 1.88. The Hall–Kier alpha value is -3.04. The highest BCUT2D eigenvalue weighted by Gasteiger charge is 2.44. The van der Waals surface area contributed by atoms with Gasteiger partial charge in [0.25, 0.3) is 5.24 Å². The number of likely N-dealkylation sites (tertiary alicyclic amines) is 1. The van der Waals surface area contributed by atoms with Gasteiger partial charge < -0.3 is 24.2 Å². The van der Waals surface area contributed by atoms with Crippen LogP contribution in [0, 0.1) is 0 Å². The molecule has 8 heteroatoms. The third-order valence-corrected chi connectivity index (χ3v) is 7.07. The summed E-state index contributed by atoms with van der Waals surface area (Å²) < 4.78 is 21.4. The van der Waals surface area contributed by atoms with Gasteiger partial charge in [0.05, 0.1) is 33.0 Å². The Kier molecular flexibility index (Phi) is 8.53. The van der Waals surface area contributed by atoms with Crippen LogP contribution in [-0.4, -0.2) is 61.8 Å². The van der Waals surface area contributed by atoms with E-state index in [0.717, 1.165) is 28.6 Å². The molecule has 1 heterocycles. The van der Waals surface area contributed by atoms with Gasteiger partial charge in [0.1, 0.15) is 11.5 Å². The summed E-state index contributed by atoms with van der Waals surface area (Å²) >= 11 is 0.999. The average molecular weight is 509 g/mol. The minimum absolute atomic E-state index is 0.150. The lowest BCUT2D eigenvalue weighted by Crippen LogP contribution is -2.41. The zero-order chi connectivity index (χ0) is 25.5. The molecule has 0 bridgehead atoms. The first-order chi connectivity index (χ1) is 17.5. The Morgan fingerprint density at radius 2 is 1.53 bits per heavy atom. The molecule has 3 aromatic carbocycles. The topological polar surface area (TPSA) is 80.3 Å². The lowest BCUT2D eigenvalue weighted by atomic mass is 9.79. The van der Waals surface area contributed by atoms with Crippen LogP contribution in [0.15, 0.2) is 78.9 Å². The monoisotopic (exact) mass is 508 g/mol. The van der Waals surface area contributed by atoms with Crippen molar-refractivity contribution in [3.05, 3.63) is 95.6 Å². The van der Waals surface area contributed by atoms with Gasteiger partial charge >= 0.3 is 0 Å². The maximum absolute atomic E-state index is 12.8. The van der Waals surface area contributed by atoms with E-state index in [1.807, 2.05) is 78.9 Å². The number of benzene rings is 3. The van der Waals surface area contributed by atoms with Crippen molar-refractivity contribution in [1.82, 2.24) is 9.62 Å². The molecular weight excluding hydrogens is 476 g/mol. The first-order valence-electron chi connectivity index (χ1n) is 11.8. The maximum atomic E-state index is 12.8. The molecule has 0 saturated carbocycles. The van der Waals surface area contributed by atoms with Crippen LogP contribution in [0.1, 0.15) is 23.1 Å². The van der Waals surface area contributed by atoms with Crippen LogP contribution in [0.25, 0.3) is 0 Å². The second-order valence-electron chi connectivity index (χ2n) is 8.53. The molecule has 2 atom stereocenters. The normalized spacial score (nSPS) is 17.7. The summed E-state index contributed by atoms with van der Waals surface area (Å²) in [7, 11) is 4.98. The highest BCUT2D eigenvalue weighted by atomic mass is 32.2. The van der Waals surface area contributed by atoms with Crippen LogP contribution in [0.4, 0.5) is 4.79 Å². The van der Waals surface area contributed by atoms with Crippen molar-refractivity contribution in [3.8, 4) is 11.5 Å². The van der Waals surface area contributed by atoms with E-state index in [1.54, 1.807) is 26.2 Å². The second kappa shape index (κ2) is 11.8. The number of hydrogen-bond donors (Lipinski definition) is 2. The first-order valence-corrected chi connectivity index (χ1v) is 12.7. The van der Waals surface area contributed by atoms with Crippen molar-refractivity contribution in [1.29, 1.82) is 0 Å². The fraction of sp³-hybridized carbons (Fsp3) is 0.321. The summed E-state index contributed by atoms with van der Waals surface area (Å²) in [6.45, 7) is 0.460. The van der Waals surface area contributed by atoms with Crippen molar-refractivity contribution in [2.24, 2.45) is 0 Å². The third kappa shape index (κ3) is 5.08. The number of nitrogens with zero attached hydrogens (tertiary/aromatic N) is 1. The maximum Gasteiger partial charge on any atom is 0.297 e. The molecular formula is C28H32N2O5S. The van der Waals surface area contributed by atoms with Gasteiger partial charge in [0, 0.05) is 29.6 Å². The highest BCUT2D eigenvalue weighted by molar-refractivity contribution is 8.11. The molecule has 0 aromatic heterocycles. The van der Waals surface area contributed by atoms with Gasteiger partial charge in [-0.15, -0.1) is 0 Å². The number of methoxy groups -OCH3 is 2. The minimum atomic E-state index is -1.11. The van der Waals surface area contributed by atoms with E-state index in [1.165, 1.54) is 0 Å². The number of nitrogens with one attached hydrogen (secondary N) is 1. The van der Waals surface area contributed by atoms with Gasteiger partial charge in [0.2, 0.25) is 0 Å². The average Bonchev–Trinajstić information content (AvgIpc) is 3.30. The fourth-order valence-corrected chi connectivity index (χ4v) is 5.39. The van der Waals surface area contributed by atoms with Crippen molar-refractivity contribution < 1.29 is 24.1 Å². The predicted molar refractivity (Wildman–Crippen MR) is 141 cm³/mol. The summed E-state index contributed by atoms with van der Waals surface area (Å²) in [5, 5.41) is 10.3. The molecule has 0 radical (unpaired) electrons. The summed E-state index contributed by atoms with van der Waals surface area (Å²) in [5.74, 6) is 1.33. The number of amides is 1. The predicted octanol–water partition coefficient (Wildman–Crippen LogP) is 4.44. The zero-order valence-electron chi connectivity index (χ0n) is 20.7. The van der Waals surface area contributed by atoms with Crippen LogP contribution in [0.2, 0.25) is 0 Å². The standard InChI is InChI=1S/C28H32N2O5S/c1-29-36-27(32)30-18-22(31)17-21(30)19-35-28(20-11-5-4-6-12-20,23-13-7-9-15-25(23)33-2)24-14-8-10-16-26(24)34-3/h4-16,21-22,29,31H,17-19H2,1-3H3. The number of para-hydroxylation sites is 2. The Morgan fingerprint density at radius 3 is 2.08 bits per heavy atom. The molecule has 7 nitrogen and oxygen atoms in total. The van der Waals surface area contributed by atoms with Crippen LogP contribution in [0.3, 0.4) is 0 Å². The molecule has 1 aliphatic heterocycles. The van der Waals surface area contributed by atoms with E-state index < -0.39 is 11.7 Å². The lowest BCUT2D eigenvalue weighted by molar-refractivity contribution is -0.0118. The van der Waals surface area contributed by atoms with Gasteiger partial charge in [-0.25, -0.2) is 0 Å². The number of carbonyl (C=O) groups is 1. The molecule has 1 aliphatic rings. The Bertz CT molecular complexity index is 1110. The van der Waals surface area contributed by atoms with E-state index in [-0.39, 0.29) is 24.4 Å². The largest absolute Gasteiger partial charge is 0.496 e. The molecule has 36 heavy (non-hydrogen) atoms. The summed E-state index contributed by atoms with van der Waals surface area (Å²) in [5.41, 5.74) is 1.40. The third-order valence-electron chi connectivity index (χ3n) is 6.46. The SMILES string of the molecule is CNSC(=O)N1CC(O)CC1COC(c1ccccc1)(c1ccccc1OC)c1ccccc1OC. The van der Waals surface area contributed by atoms with Crippen molar-refractivity contribution >= 4 is 17.2 Å². The van der Waals surface area contributed by atoms with Gasteiger partial charge in [0.15, 0.2) is 5.60 Å². The van der Waals surface area contributed by atoms with Crippen LogP contribution in [-0.2, 0) is 10.3 Å². The molecule has 1 amide bonds. The summed E-state index contributed by atoms with van der Waals surface area (Å²) in [4.78, 5) is 14.4. The summed E-state index contributed by atoms with van der Waals surface area (Å²) in [6.07, 6.45) is -0.178. The molecule has 0 aliphatic carbocycles. The number of β-amino-alcohol motifs (C(OH)–C–C–N with tert-alkyl or cyclic N) is 1. The number of aliphatic hydroxyl groups is 1. The van der Waals surface area contributed by atoms with Gasteiger partial charge in [-0.1, -0.05) is 66.7 Å². The molecule has 2 N–H and O–H groups in total. The first kappa shape index (κ1) is 26.0. The zero-order valence-corrected chi connectivity index (χ0v) is 21.5. The Morgan fingerprint density at radius 1 is 0.972 bits per heavy atom. The van der Waals surface area contributed by atoms with Crippen molar-refractivity contribution in [2.45, 2.75) is 24.2 Å². The van der Waals surface area contributed by atoms with E-state index in [9.17, 15) is 9.90 Å². The lowest BCUT2D eigenvalue weighted by Gasteiger charge is -2.39. The molecule has 3 aromatic rings. The van der Waals surface area contributed by atoms with Gasteiger partial charge in [-0.05, 0) is 31.2 Å². The number of rotatable bonds is 9. The summed E-state index contributed by atoms with van der Waals surface area (Å²) in [6, 6.07) is 25.2.